The minimum atomic E-state index is 0.317. The lowest BCUT2D eigenvalue weighted by molar-refractivity contribution is 0.252. The van der Waals surface area contributed by atoms with Gasteiger partial charge >= 0.3 is 0 Å². The highest BCUT2D eigenvalue weighted by Crippen LogP contribution is 2.34. The van der Waals surface area contributed by atoms with E-state index in [0.717, 1.165) is 43.2 Å². The predicted octanol–water partition coefficient (Wildman–Crippen LogP) is 0.987. The zero-order chi connectivity index (χ0) is 16.4. The van der Waals surface area contributed by atoms with Gasteiger partial charge in [0.15, 0.2) is 5.82 Å². The molecule has 0 radical (unpaired) electrons. The van der Waals surface area contributed by atoms with E-state index in [-0.39, 0.29) is 0 Å². The van der Waals surface area contributed by atoms with Gasteiger partial charge in [0.05, 0.1) is 13.1 Å². The Hall–Kier alpha value is -1.80. The minimum absolute atomic E-state index is 0.317. The van der Waals surface area contributed by atoms with Gasteiger partial charge < -0.3 is 14.8 Å². The van der Waals surface area contributed by atoms with Crippen molar-refractivity contribution >= 4 is 0 Å². The Balaban J connectivity index is 1.58. The lowest BCUT2D eigenvalue weighted by atomic mass is 9.80. The van der Waals surface area contributed by atoms with Crippen LogP contribution in [0.3, 0.4) is 0 Å². The standard InChI is InChI=1S/C15H25N7O/c1-4-5-12-17-14(23-20-12)9-21(2)8-13-18-19-15(22(13)3)10-6-11(16)7-10/h10-11H,4-9,16H2,1-3H3. The van der Waals surface area contributed by atoms with Crippen LogP contribution in [0, 0.1) is 0 Å². The molecule has 1 fully saturated rings. The summed E-state index contributed by atoms with van der Waals surface area (Å²) in [5.41, 5.74) is 5.86. The second-order valence-electron chi connectivity index (χ2n) is 6.49. The van der Waals surface area contributed by atoms with Crippen molar-refractivity contribution < 1.29 is 4.52 Å². The average molecular weight is 319 g/mol. The van der Waals surface area contributed by atoms with Gasteiger partial charge in [0.2, 0.25) is 5.89 Å². The van der Waals surface area contributed by atoms with E-state index in [2.05, 4.69) is 36.7 Å². The van der Waals surface area contributed by atoms with Crippen molar-refractivity contribution in [3.05, 3.63) is 23.4 Å². The summed E-state index contributed by atoms with van der Waals surface area (Å²) in [6.07, 6.45) is 3.87. The average Bonchev–Trinajstić information content (AvgIpc) is 3.04. The molecule has 0 saturated heterocycles. The molecule has 0 amide bonds. The van der Waals surface area contributed by atoms with E-state index in [1.807, 2.05) is 14.1 Å². The maximum absolute atomic E-state index is 5.86. The fourth-order valence-corrected chi connectivity index (χ4v) is 2.95. The summed E-state index contributed by atoms with van der Waals surface area (Å²) in [6.45, 7) is 3.39. The normalized spacial score (nSPS) is 20.9. The monoisotopic (exact) mass is 319 g/mol. The van der Waals surface area contributed by atoms with Crippen molar-refractivity contribution in [1.29, 1.82) is 0 Å². The number of aryl methyl sites for hydroxylation is 1. The van der Waals surface area contributed by atoms with Gasteiger partial charge in [-0.1, -0.05) is 12.1 Å². The molecule has 126 valence electrons. The van der Waals surface area contributed by atoms with Crippen LogP contribution in [0.5, 0.6) is 0 Å². The van der Waals surface area contributed by atoms with Gasteiger partial charge in [0.25, 0.3) is 0 Å². The number of nitrogens with zero attached hydrogens (tertiary/aromatic N) is 6. The van der Waals surface area contributed by atoms with Crippen LogP contribution >= 0.6 is 0 Å². The highest BCUT2D eigenvalue weighted by molar-refractivity contribution is 5.08. The van der Waals surface area contributed by atoms with Crippen LogP contribution in [-0.2, 0) is 26.6 Å². The lowest BCUT2D eigenvalue weighted by Crippen LogP contribution is -2.36. The van der Waals surface area contributed by atoms with E-state index in [9.17, 15) is 0 Å². The molecular weight excluding hydrogens is 294 g/mol. The summed E-state index contributed by atoms with van der Waals surface area (Å²) in [5, 5.41) is 12.6. The van der Waals surface area contributed by atoms with Crippen LogP contribution in [0.15, 0.2) is 4.52 Å². The first-order valence-electron chi connectivity index (χ1n) is 8.20. The Morgan fingerprint density at radius 3 is 2.78 bits per heavy atom. The van der Waals surface area contributed by atoms with Gasteiger partial charge in [-0.3, -0.25) is 4.90 Å². The largest absolute Gasteiger partial charge is 0.338 e. The molecular formula is C15H25N7O. The molecule has 1 aliphatic rings. The summed E-state index contributed by atoms with van der Waals surface area (Å²) in [4.78, 5) is 6.49. The van der Waals surface area contributed by atoms with Crippen LogP contribution in [-0.4, -0.2) is 42.9 Å². The van der Waals surface area contributed by atoms with E-state index in [1.54, 1.807) is 0 Å². The van der Waals surface area contributed by atoms with Gasteiger partial charge in [-0.25, -0.2) is 0 Å². The second-order valence-corrected chi connectivity index (χ2v) is 6.49. The molecule has 2 aromatic heterocycles. The van der Waals surface area contributed by atoms with Crippen molar-refractivity contribution in [2.75, 3.05) is 7.05 Å². The molecule has 1 saturated carbocycles. The quantitative estimate of drug-likeness (QED) is 0.812. The zero-order valence-corrected chi connectivity index (χ0v) is 14.1. The molecule has 0 unspecified atom stereocenters. The summed E-state index contributed by atoms with van der Waals surface area (Å²) in [6, 6.07) is 0.317. The third-order valence-corrected chi connectivity index (χ3v) is 4.34. The minimum Gasteiger partial charge on any atom is -0.338 e. The molecule has 0 aliphatic heterocycles. The Kier molecular flexibility index (Phi) is 4.72. The number of rotatable bonds is 7. The van der Waals surface area contributed by atoms with E-state index in [0.29, 0.717) is 30.9 Å². The van der Waals surface area contributed by atoms with Crippen molar-refractivity contribution in [3.8, 4) is 0 Å². The summed E-state index contributed by atoms with van der Waals surface area (Å²) < 4.78 is 7.36. The summed E-state index contributed by atoms with van der Waals surface area (Å²) in [5.74, 6) is 3.85. The molecule has 1 aliphatic carbocycles. The topological polar surface area (TPSA) is 98.9 Å². The SMILES string of the molecule is CCCc1noc(CN(C)Cc2nnc(C3CC(N)C3)n2C)n1. The van der Waals surface area contributed by atoms with E-state index >= 15 is 0 Å². The number of aromatic nitrogens is 5. The van der Waals surface area contributed by atoms with Crippen LogP contribution in [0.25, 0.3) is 0 Å². The fourth-order valence-electron chi connectivity index (χ4n) is 2.95. The smallest absolute Gasteiger partial charge is 0.240 e. The molecule has 8 nitrogen and oxygen atoms in total. The second kappa shape index (κ2) is 6.76. The van der Waals surface area contributed by atoms with Crippen LogP contribution in [0.2, 0.25) is 0 Å². The molecule has 0 bridgehead atoms. The third-order valence-electron chi connectivity index (χ3n) is 4.34. The Labute approximate surface area is 136 Å². The number of hydrogen-bond donors (Lipinski definition) is 1. The van der Waals surface area contributed by atoms with Crippen molar-refractivity contribution in [2.24, 2.45) is 12.8 Å². The first kappa shape index (κ1) is 16.1. The maximum atomic E-state index is 5.86. The fraction of sp³-hybridized carbons (Fsp3) is 0.733. The van der Waals surface area contributed by atoms with E-state index in [1.165, 1.54) is 0 Å². The van der Waals surface area contributed by atoms with Crippen molar-refractivity contribution in [2.45, 2.75) is 57.7 Å². The highest BCUT2D eigenvalue weighted by Gasteiger charge is 2.31. The van der Waals surface area contributed by atoms with Gasteiger partial charge in [0, 0.05) is 25.4 Å². The molecule has 2 aromatic rings. The van der Waals surface area contributed by atoms with Crippen molar-refractivity contribution in [1.82, 2.24) is 29.8 Å². The van der Waals surface area contributed by atoms with E-state index < -0.39 is 0 Å². The lowest BCUT2D eigenvalue weighted by Gasteiger charge is -2.31. The Morgan fingerprint density at radius 1 is 1.30 bits per heavy atom. The highest BCUT2D eigenvalue weighted by atomic mass is 16.5. The molecule has 23 heavy (non-hydrogen) atoms. The summed E-state index contributed by atoms with van der Waals surface area (Å²) in [7, 11) is 4.03. The van der Waals surface area contributed by atoms with Crippen LogP contribution in [0.1, 0.15) is 55.5 Å². The van der Waals surface area contributed by atoms with Crippen molar-refractivity contribution in [3.63, 3.8) is 0 Å². The summed E-state index contributed by atoms with van der Waals surface area (Å²) >= 11 is 0. The number of hydrogen-bond acceptors (Lipinski definition) is 7. The molecule has 0 spiro atoms. The Morgan fingerprint density at radius 2 is 2.09 bits per heavy atom. The molecule has 0 aromatic carbocycles. The molecule has 2 heterocycles. The number of nitrogens with two attached hydrogens (primary N) is 1. The molecule has 8 heteroatoms. The molecule has 3 rings (SSSR count). The predicted molar refractivity (Wildman–Crippen MR) is 84.4 cm³/mol. The van der Waals surface area contributed by atoms with Crippen LogP contribution < -0.4 is 5.73 Å². The molecule has 2 N–H and O–H groups in total. The zero-order valence-electron chi connectivity index (χ0n) is 14.1. The van der Waals surface area contributed by atoms with E-state index in [4.69, 9.17) is 10.3 Å². The Bertz CT molecular complexity index is 644. The van der Waals surface area contributed by atoms with Gasteiger partial charge in [0.1, 0.15) is 11.6 Å². The van der Waals surface area contributed by atoms with Crippen LogP contribution in [0.4, 0.5) is 0 Å². The molecule has 0 atom stereocenters. The third kappa shape index (κ3) is 3.59. The first-order valence-corrected chi connectivity index (χ1v) is 8.20. The van der Waals surface area contributed by atoms with Gasteiger partial charge in [-0.15, -0.1) is 10.2 Å². The maximum Gasteiger partial charge on any atom is 0.240 e. The van der Waals surface area contributed by atoms with Gasteiger partial charge in [-0.05, 0) is 26.3 Å². The first-order chi connectivity index (χ1) is 11.1. The van der Waals surface area contributed by atoms with Gasteiger partial charge in [-0.2, -0.15) is 4.98 Å².